The van der Waals surface area contributed by atoms with Crippen molar-refractivity contribution in [3.63, 3.8) is 0 Å². The first-order chi connectivity index (χ1) is 8.44. The van der Waals surface area contributed by atoms with Gasteiger partial charge in [0, 0.05) is 12.1 Å². The number of phenols is 1. The smallest absolute Gasteiger partial charge is 0.251 e. The molecule has 0 saturated heterocycles. The van der Waals surface area contributed by atoms with E-state index in [-0.39, 0.29) is 11.7 Å². The van der Waals surface area contributed by atoms with E-state index < -0.39 is 0 Å². The largest absolute Gasteiger partial charge is 0.504 e. The maximum atomic E-state index is 11.9. The topological polar surface area (TPSA) is 58.6 Å². The first-order valence-corrected chi connectivity index (χ1v) is 6.09. The van der Waals surface area contributed by atoms with E-state index in [0.717, 1.165) is 6.42 Å². The summed E-state index contributed by atoms with van der Waals surface area (Å²) in [6.07, 6.45) is 1.15. The van der Waals surface area contributed by atoms with E-state index in [1.54, 1.807) is 12.1 Å². The number of hydrogen-bond donors (Lipinski definition) is 2. The summed E-state index contributed by atoms with van der Waals surface area (Å²) in [4.78, 5) is 11.9. The molecular formula is C14H19NO3. The predicted octanol–water partition coefficient (Wildman–Crippen LogP) is 2.18. The van der Waals surface area contributed by atoms with Gasteiger partial charge >= 0.3 is 0 Å². The van der Waals surface area contributed by atoms with Crippen molar-refractivity contribution in [1.82, 2.24) is 5.32 Å². The minimum atomic E-state index is -0.157. The third-order valence-corrected chi connectivity index (χ3v) is 3.67. The number of carbonyl (C=O) groups excluding carboxylic acids is 1. The van der Waals surface area contributed by atoms with Crippen LogP contribution in [0.4, 0.5) is 0 Å². The molecule has 0 aliphatic heterocycles. The fraction of sp³-hybridized carbons (Fsp3) is 0.500. The number of phenolic OH excluding ortho intramolecular Hbond substituents is 1. The van der Waals surface area contributed by atoms with Crippen molar-refractivity contribution in [2.75, 3.05) is 13.7 Å². The Bertz CT molecular complexity index is 468. The van der Waals surface area contributed by atoms with Gasteiger partial charge in [0.25, 0.3) is 5.91 Å². The molecule has 1 amide bonds. The zero-order valence-corrected chi connectivity index (χ0v) is 11.0. The van der Waals surface area contributed by atoms with E-state index in [1.165, 1.54) is 13.2 Å². The standard InChI is InChI=1S/C14H19NO3/c1-14(2)7-10(14)8-15-13(17)9-4-5-12(18-3)11(16)6-9/h4-6,10,16H,7-8H2,1-3H3,(H,15,17). The lowest BCUT2D eigenvalue weighted by Gasteiger charge is -2.08. The van der Waals surface area contributed by atoms with Crippen LogP contribution in [0.15, 0.2) is 18.2 Å². The summed E-state index contributed by atoms with van der Waals surface area (Å²) in [6, 6.07) is 4.66. The van der Waals surface area contributed by atoms with Crippen molar-refractivity contribution in [3.05, 3.63) is 23.8 Å². The molecule has 2 rings (SSSR count). The van der Waals surface area contributed by atoms with Crippen LogP contribution in [0, 0.1) is 11.3 Å². The molecule has 0 bridgehead atoms. The lowest BCUT2D eigenvalue weighted by molar-refractivity contribution is 0.0950. The van der Waals surface area contributed by atoms with E-state index in [9.17, 15) is 9.90 Å². The quantitative estimate of drug-likeness (QED) is 0.859. The summed E-state index contributed by atoms with van der Waals surface area (Å²) in [6.45, 7) is 5.09. The molecule has 1 atom stereocenters. The van der Waals surface area contributed by atoms with Gasteiger partial charge in [0.2, 0.25) is 0 Å². The number of methoxy groups -OCH3 is 1. The van der Waals surface area contributed by atoms with E-state index >= 15 is 0 Å². The zero-order valence-electron chi connectivity index (χ0n) is 11.0. The third-order valence-electron chi connectivity index (χ3n) is 3.67. The maximum absolute atomic E-state index is 11.9. The van der Waals surface area contributed by atoms with Crippen LogP contribution in [-0.2, 0) is 0 Å². The molecule has 0 radical (unpaired) electrons. The molecule has 1 fully saturated rings. The van der Waals surface area contributed by atoms with Crippen molar-refractivity contribution < 1.29 is 14.6 Å². The number of aromatic hydroxyl groups is 1. The molecule has 2 N–H and O–H groups in total. The number of amides is 1. The van der Waals surface area contributed by atoms with Gasteiger partial charge in [-0.25, -0.2) is 0 Å². The zero-order chi connectivity index (χ0) is 13.3. The molecule has 0 heterocycles. The highest BCUT2D eigenvalue weighted by Crippen LogP contribution is 2.50. The number of benzene rings is 1. The molecule has 4 heteroatoms. The normalized spacial score (nSPS) is 20.3. The van der Waals surface area contributed by atoms with Crippen molar-refractivity contribution in [2.45, 2.75) is 20.3 Å². The van der Waals surface area contributed by atoms with Crippen LogP contribution in [0.2, 0.25) is 0 Å². The van der Waals surface area contributed by atoms with Gasteiger partial charge in [0.15, 0.2) is 11.5 Å². The van der Waals surface area contributed by atoms with Crippen LogP contribution in [0.25, 0.3) is 0 Å². The Hall–Kier alpha value is -1.71. The van der Waals surface area contributed by atoms with Crippen molar-refractivity contribution >= 4 is 5.91 Å². The molecule has 1 aromatic rings. The van der Waals surface area contributed by atoms with Crippen molar-refractivity contribution in [2.24, 2.45) is 11.3 Å². The Morgan fingerprint density at radius 3 is 2.72 bits per heavy atom. The second kappa shape index (κ2) is 4.52. The highest BCUT2D eigenvalue weighted by atomic mass is 16.5. The molecule has 0 spiro atoms. The monoisotopic (exact) mass is 249 g/mol. The highest BCUT2D eigenvalue weighted by molar-refractivity contribution is 5.94. The molecule has 0 aromatic heterocycles. The molecule has 1 aliphatic rings. The predicted molar refractivity (Wildman–Crippen MR) is 68.9 cm³/mol. The van der Waals surface area contributed by atoms with Crippen molar-refractivity contribution in [3.8, 4) is 11.5 Å². The van der Waals surface area contributed by atoms with Gasteiger partial charge in [-0.1, -0.05) is 13.8 Å². The Morgan fingerprint density at radius 2 is 2.22 bits per heavy atom. The van der Waals surface area contributed by atoms with E-state index in [4.69, 9.17) is 4.74 Å². The van der Waals surface area contributed by atoms with E-state index in [1.807, 2.05) is 0 Å². The molecule has 98 valence electrons. The molecule has 1 aliphatic carbocycles. The number of ether oxygens (including phenoxy) is 1. The summed E-state index contributed by atoms with van der Waals surface area (Å²) in [5.74, 6) is 0.760. The van der Waals surface area contributed by atoms with Crippen LogP contribution in [0.5, 0.6) is 11.5 Å². The maximum Gasteiger partial charge on any atom is 0.251 e. The molecule has 18 heavy (non-hydrogen) atoms. The van der Waals surface area contributed by atoms with Crippen LogP contribution >= 0.6 is 0 Å². The number of nitrogens with one attached hydrogen (secondary N) is 1. The summed E-state index contributed by atoms with van der Waals surface area (Å²) in [5, 5.41) is 12.5. The van der Waals surface area contributed by atoms with Gasteiger partial charge in [-0.3, -0.25) is 4.79 Å². The molecular weight excluding hydrogens is 230 g/mol. The molecule has 1 saturated carbocycles. The van der Waals surface area contributed by atoms with Crippen molar-refractivity contribution in [1.29, 1.82) is 0 Å². The fourth-order valence-corrected chi connectivity index (χ4v) is 2.07. The summed E-state index contributed by atoms with van der Waals surface area (Å²) in [7, 11) is 1.48. The van der Waals surface area contributed by atoms with Crippen LogP contribution in [0.1, 0.15) is 30.6 Å². The highest BCUT2D eigenvalue weighted by Gasteiger charge is 2.45. The number of rotatable bonds is 4. The molecule has 4 nitrogen and oxygen atoms in total. The minimum Gasteiger partial charge on any atom is -0.504 e. The Kier molecular flexibility index (Phi) is 3.20. The van der Waals surface area contributed by atoms with Gasteiger partial charge in [-0.2, -0.15) is 0 Å². The first-order valence-electron chi connectivity index (χ1n) is 6.09. The fourth-order valence-electron chi connectivity index (χ4n) is 2.07. The SMILES string of the molecule is COc1ccc(C(=O)NCC2CC2(C)C)cc1O. The van der Waals surface area contributed by atoms with Gasteiger partial charge in [0.05, 0.1) is 7.11 Å². The summed E-state index contributed by atoms with van der Waals surface area (Å²) < 4.78 is 4.93. The van der Waals surface area contributed by atoms with Crippen LogP contribution < -0.4 is 10.1 Å². The van der Waals surface area contributed by atoms with Gasteiger partial charge in [-0.05, 0) is 36.0 Å². The lowest BCUT2D eigenvalue weighted by atomic mass is 10.1. The van der Waals surface area contributed by atoms with Gasteiger partial charge in [0.1, 0.15) is 0 Å². The Balaban J connectivity index is 1.95. The second-order valence-electron chi connectivity index (χ2n) is 5.49. The van der Waals surface area contributed by atoms with Gasteiger partial charge < -0.3 is 15.2 Å². The first kappa shape index (κ1) is 12.7. The van der Waals surface area contributed by atoms with Crippen LogP contribution in [0.3, 0.4) is 0 Å². The third kappa shape index (κ3) is 2.58. The lowest BCUT2D eigenvalue weighted by Crippen LogP contribution is -2.26. The Morgan fingerprint density at radius 1 is 1.56 bits per heavy atom. The second-order valence-corrected chi connectivity index (χ2v) is 5.49. The molecule has 1 unspecified atom stereocenters. The molecule has 1 aromatic carbocycles. The Labute approximate surface area is 107 Å². The minimum absolute atomic E-state index is 0.0168. The van der Waals surface area contributed by atoms with Gasteiger partial charge in [-0.15, -0.1) is 0 Å². The van der Waals surface area contributed by atoms with E-state index in [2.05, 4.69) is 19.2 Å². The van der Waals surface area contributed by atoms with Crippen LogP contribution in [-0.4, -0.2) is 24.7 Å². The number of hydrogen-bond acceptors (Lipinski definition) is 3. The average molecular weight is 249 g/mol. The summed E-state index contributed by atoms with van der Waals surface area (Å²) >= 11 is 0. The van der Waals surface area contributed by atoms with E-state index in [0.29, 0.717) is 29.2 Å². The number of carbonyl (C=O) groups is 1. The average Bonchev–Trinajstić information content (AvgIpc) is 2.94. The summed E-state index contributed by atoms with van der Waals surface area (Å²) in [5.41, 5.74) is 0.807.